The predicted molar refractivity (Wildman–Crippen MR) is 90.5 cm³/mol. The molecule has 4 nitrogen and oxygen atoms in total. The maximum Gasteiger partial charge on any atom is 0.258 e. The summed E-state index contributed by atoms with van der Waals surface area (Å²) < 4.78 is 10.5. The molecule has 0 fully saturated rings. The molecule has 0 saturated carbocycles. The standard InChI is InChI=1S/C19H21NO3/c1-13-9-14-7-8-17(23-3)11-18(14)20(12-13)19(21)15-5-4-6-16(10-15)22-2/h4-8,10-11,13H,9,12H2,1-3H3. The minimum atomic E-state index is -0.00930. The number of hydrogen-bond acceptors (Lipinski definition) is 3. The van der Waals surface area contributed by atoms with Crippen LogP contribution in [0.1, 0.15) is 22.8 Å². The van der Waals surface area contributed by atoms with Crippen molar-refractivity contribution >= 4 is 11.6 Å². The molecule has 0 spiro atoms. The molecule has 1 atom stereocenters. The Labute approximate surface area is 136 Å². The quantitative estimate of drug-likeness (QED) is 0.870. The molecule has 3 rings (SSSR count). The van der Waals surface area contributed by atoms with Gasteiger partial charge in [0.05, 0.1) is 19.9 Å². The highest BCUT2D eigenvalue weighted by molar-refractivity contribution is 6.07. The van der Waals surface area contributed by atoms with Crippen molar-refractivity contribution in [1.82, 2.24) is 0 Å². The molecule has 0 N–H and O–H groups in total. The molecule has 0 saturated heterocycles. The van der Waals surface area contributed by atoms with Gasteiger partial charge in [0.15, 0.2) is 0 Å². The molecular formula is C19H21NO3. The van der Waals surface area contributed by atoms with E-state index >= 15 is 0 Å². The van der Waals surface area contributed by atoms with Crippen LogP contribution in [0.3, 0.4) is 0 Å². The van der Waals surface area contributed by atoms with E-state index in [1.807, 2.05) is 35.2 Å². The lowest BCUT2D eigenvalue weighted by atomic mass is 9.93. The van der Waals surface area contributed by atoms with Gasteiger partial charge in [0.2, 0.25) is 0 Å². The Morgan fingerprint density at radius 1 is 1.09 bits per heavy atom. The molecule has 1 heterocycles. The summed E-state index contributed by atoms with van der Waals surface area (Å²) in [6.45, 7) is 2.87. The van der Waals surface area contributed by atoms with Crippen LogP contribution in [-0.2, 0) is 6.42 Å². The van der Waals surface area contributed by atoms with Gasteiger partial charge in [0, 0.05) is 18.2 Å². The molecule has 120 valence electrons. The van der Waals surface area contributed by atoms with Crippen molar-refractivity contribution in [3.63, 3.8) is 0 Å². The molecule has 23 heavy (non-hydrogen) atoms. The molecule has 0 radical (unpaired) electrons. The minimum Gasteiger partial charge on any atom is -0.497 e. The van der Waals surface area contributed by atoms with E-state index in [0.29, 0.717) is 23.8 Å². The molecule has 0 bridgehead atoms. The van der Waals surface area contributed by atoms with E-state index in [-0.39, 0.29) is 5.91 Å². The third-order valence-electron chi connectivity index (χ3n) is 4.21. The summed E-state index contributed by atoms with van der Waals surface area (Å²) in [5.41, 5.74) is 2.75. The van der Waals surface area contributed by atoms with Gasteiger partial charge in [-0.25, -0.2) is 0 Å². The van der Waals surface area contributed by atoms with Crippen molar-refractivity contribution < 1.29 is 14.3 Å². The summed E-state index contributed by atoms with van der Waals surface area (Å²) in [4.78, 5) is 14.9. The minimum absolute atomic E-state index is 0.00930. The second-order valence-corrected chi connectivity index (χ2v) is 5.95. The van der Waals surface area contributed by atoms with Gasteiger partial charge in [0.25, 0.3) is 5.91 Å². The lowest BCUT2D eigenvalue weighted by molar-refractivity contribution is 0.0980. The average molecular weight is 311 g/mol. The maximum atomic E-state index is 13.0. The second-order valence-electron chi connectivity index (χ2n) is 5.95. The van der Waals surface area contributed by atoms with E-state index in [2.05, 4.69) is 13.0 Å². The Kier molecular flexibility index (Phi) is 4.24. The number of anilines is 1. The van der Waals surface area contributed by atoms with Gasteiger partial charge in [-0.2, -0.15) is 0 Å². The average Bonchev–Trinajstić information content (AvgIpc) is 2.60. The number of nitrogens with zero attached hydrogens (tertiary/aromatic N) is 1. The van der Waals surface area contributed by atoms with E-state index in [0.717, 1.165) is 17.9 Å². The van der Waals surface area contributed by atoms with Gasteiger partial charge in [-0.3, -0.25) is 4.79 Å². The van der Waals surface area contributed by atoms with Gasteiger partial charge in [-0.1, -0.05) is 19.1 Å². The first-order valence-electron chi connectivity index (χ1n) is 7.75. The third-order valence-corrected chi connectivity index (χ3v) is 4.21. The zero-order valence-corrected chi connectivity index (χ0v) is 13.7. The van der Waals surface area contributed by atoms with Gasteiger partial charge >= 0.3 is 0 Å². The Balaban J connectivity index is 2.00. The molecule has 0 aromatic heterocycles. The Bertz CT molecular complexity index is 726. The number of rotatable bonds is 3. The predicted octanol–water partition coefficient (Wildman–Crippen LogP) is 3.54. The Morgan fingerprint density at radius 2 is 1.83 bits per heavy atom. The molecule has 1 unspecified atom stereocenters. The van der Waals surface area contributed by atoms with E-state index in [4.69, 9.17) is 9.47 Å². The molecule has 1 aliphatic heterocycles. The molecule has 0 aliphatic carbocycles. The first-order valence-corrected chi connectivity index (χ1v) is 7.75. The normalized spacial score (nSPS) is 16.7. The van der Waals surface area contributed by atoms with Crippen LogP contribution < -0.4 is 14.4 Å². The van der Waals surface area contributed by atoms with E-state index in [1.165, 1.54) is 5.56 Å². The zero-order chi connectivity index (χ0) is 16.4. The molecule has 2 aromatic rings. The third kappa shape index (κ3) is 3.02. The molecular weight excluding hydrogens is 290 g/mol. The van der Waals surface area contributed by atoms with Crippen molar-refractivity contribution in [2.75, 3.05) is 25.7 Å². The number of carbonyl (C=O) groups excluding carboxylic acids is 1. The highest BCUT2D eigenvalue weighted by Crippen LogP contribution is 2.34. The van der Waals surface area contributed by atoms with Crippen LogP contribution in [0.25, 0.3) is 0 Å². The molecule has 1 aliphatic rings. The van der Waals surface area contributed by atoms with Crippen molar-refractivity contribution in [3.8, 4) is 11.5 Å². The van der Waals surface area contributed by atoms with E-state index < -0.39 is 0 Å². The van der Waals surface area contributed by atoms with Crippen molar-refractivity contribution in [2.24, 2.45) is 5.92 Å². The smallest absolute Gasteiger partial charge is 0.258 e. The fourth-order valence-electron chi connectivity index (χ4n) is 3.05. The highest BCUT2D eigenvalue weighted by Gasteiger charge is 2.27. The van der Waals surface area contributed by atoms with E-state index in [1.54, 1.807) is 20.3 Å². The lowest BCUT2D eigenvalue weighted by Crippen LogP contribution is -2.39. The largest absolute Gasteiger partial charge is 0.497 e. The van der Waals surface area contributed by atoms with E-state index in [9.17, 15) is 4.79 Å². The Hall–Kier alpha value is -2.49. The second kappa shape index (κ2) is 6.32. The van der Waals surface area contributed by atoms with Crippen molar-refractivity contribution in [2.45, 2.75) is 13.3 Å². The van der Waals surface area contributed by atoms with Crippen molar-refractivity contribution in [3.05, 3.63) is 53.6 Å². The van der Waals surface area contributed by atoms with Gasteiger partial charge in [0.1, 0.15) is 11.5 Å². The van der Waals surface area contributed by atoms with Crippen LogP contribution in [0.15, 0.2) is 42.5 Å². The number of benzene rings is 2. The monoisotopic (exact) mass is 311 g/mol. The summed E-state index contributed by atoms with van der Waals surface area (Å²) in [5, 5.41) is 0. The fraction of sp³-hybridized carbons (Fsp3) is 0.316. The summed E-state index contributed by atoms with van der Waals surface area (Å²) >= 11 is 0. The summed E-state index contributed by atoms with van der Waals surface area (Å²) in [5.74, 6) is 1.86. The van der Waals surface area contributed by atoms with Crippen molar-refractivity contribution in [1.29, 1.82) is 0 Å². The summed E-state index contributed by atoms with van der Waals surface area (Å²) in [6.07, 6.45) is 0.973. The van der Waals surface area contributed by atoms with Gasteiger partial charge < -0.3 is 14.4 Å². The summed E-state index contributed by atoms with van der Waals surface area (Å²) in [7, 11) is 3.24. The van der Waals surface area contributed by atoms with Gasteiger partial charge in [-0.15, -0.1) is 0 Å². The van der Waals surface area contributed by atoms with Crippen LogP contribution >= 0.6 is 0 Å². The van der Waals surface area contributed by atoms with Crippen LogP contribution in [0.4, 0.5) is 5.69 Å². The Morgan fingerprint density at radius 3 is 2.57 bits per heavy atom. The number of amides is 1. The first-order chi connectivity index (χ1) is 11.1. The fourth-order valence-corrected chi connectivity index (χ4v) is 3.05. The lowest BCUT2D eigenvalue weighted by Gasteiger charge is -2.33. The highest BCUT2D eigenvalue weighted by atomic mass is 16.5. The number of fused-ring (bicyclic) bond motifs is 1. The molecule has 4 heteroatoms. The number of hydrogen-bond donors (Lipinski definition) is 0. The zero-order valence-electron chi connectivity index (χ0n) is 13.7. The maximum absolute atomic E-state index is 13.0. The van der Waals surface area contributed by atoms with Crippen LogP contribution in [-0.4, -0.2) is 26.7 Å². The topological polar surface area (TPSA) is 38.8 Å². The summed E-state index contributed by atoms with van der Waals surface area (Å²) in [6, 6.07) is 13.2. The van der Waals surface area contributed by atoms with Crippen LogP contribution in [0, 0.1) is 5.92 Å². The number of carbonyl (C=O) groups is 1. The molecule has 1 amide bonds. The first kappa shape index (κ1) is 15.4. The van der Waals surface area contributed by atoms with Crippen LogP contribution in [0.2, 0.25) is 0 Å². The number of ether oxygens (including phenoxy) is 2. The van der Waals surface area contributed by atoms with Crippen LogP contribution in [0.5, 0.6) is 11.5 Å². The SMILES string of the molecule is COc1cccc(C(=O)N2CC(C)Cc3ccc(OC)cc32)c1. The number of methoxy groups -OCH3 is 2. The molecule has 2 aromatic carbocycles. The van der Waals surface area contributed by atoms with Gasteiger partial charge in [-0.05, 0) is 42.2 Å².